The molecular formula is C36H60O7. The summed E-state index contributed by atoms with van der Waals surface area (Å²) in [6.07, 6.45) is 5.90. The summed E-state index contributed by atoms with van der Waals surface area (Å²) in [6, 6.07) is 0. The second-order valence-corrected chi connectivity index (χ2v) is 16.6. The molecule has 0 unspecified atom stereocenters. The van der Waals surface area contributed by atoms with Crippen LogP contribution in [-0.4, -0.2) is 75.1 Å². The van der Waals surface area contributed by atoms with Gasteiger partial charge in [0.1, 0.15) is 24.4 Å². The molecule has 0 bridgehead atoms. The Morgan fingerprint density at radius 2 is 1.49 bits per heavy atom. The first-order valence-electron chi connectivity index (χ1n) is 17.0. The highest BCUT2D eigenvalue weighted by molar-refractivity contribution is 5.23. The number of hydrogen-bond donors (Lipinski definition) is 5. The van der Waals surface area contributed by atoms with Gasteiger partial charge in [-0.15, -0.1) is 0 Å². The van der Waals surface area contributed by atoms with Gasteiger partial charge in [-0.25, -0.2) is 0 Å². The number of aliphatic hydroxyl groups is 5. The van der Waals surface area contributed by atoms with E-state index in [1.807, 2.05) is 0 Å². The maximum absolute atomic E-state index is 12.0. The van der Waals surface area contributed by atoms with Gasteiger partial charge in [0.05, 0.1) is 18.8 Å². The van der Waals surface area contributed by atoms with Crippen molar-refractivity contribution in [2.24, 2.45) is 45.3 Å². The summed E-state index contributed by atoms with van der Waals surface area (Å²) in [7, 11) is 0. The summed E-state index contributed by atoms with van der Waals surface area (Å²) >= 11 is 0. The molecule has 0 amide bonds. The first-order valence-corrected chi connectivity index (χ1v) is 17.0. The number of fused-ring (bicyclic) bond motifs is 5. The Kier molecular flexibility index (Phi) is 9.19. The first kappa shape index (κ1) is 33.6. The molecule has 5 rings (SSSR count). The maximum atomic E-state index is 12.0. The zero-order valence-electron chi connectivity index (χ0n) is 27.9. The molecule has 7 heteroatoms. The van der Waals surface area contributed by atoms with Crippen LogP contribution in [-0.2, 0) is 9.47 Å². The van der Waals surface area contributed by atoms with E-state index in [-0.39, 0.29) is 39.8 Å². The van der Waals surface area contributed by atoms with Crippen molar-refractivity contribution in [2.45, 2.75) is 150 Å². The summed E-state index contributed by atoms with van der Waals surface area (Å²) in [6.45, 7) is 18.2. The van der Waals surface area contributed by atoms with Crippen LogP contribution in [0.15, 0.2) is 23.3 Å². The largest absolute Gasteiger partial charge is 0.394 e. The molecule has 0 spiro atoms. The Hall–Kier alpha value is -0.800. The predicted octanol–water partition coefficient (Wildman–Crippen LogP) is 5.13. The highest BCUT2D eigenvalue weighted by atomic mass is 16.7. The summed E-state index contributed by atoms with van der Waals surface area (Å²) in [5.41, 5.74) is 2.80. The second kappa shape index (κ2) is 11.8. The van der Waals surface area contributed by atoms with Crippen LogP contribution in [0, 0.1) is 45.3 Å². The van der Waals surface area contributed by atoms with E-state index in [4.69, 9.17) is 9.47 Å². The molecule has 246 valence electrons. The molecule has 4 aliphatic carbocycles. The molecular weight excluding hydrogens is 544 g/mol. The molecule has 7 nitrogen and oxygen atoms in total. The van der Waals surface area contributed by atoms with E-state index in [9.17, 15) is 25.5 Å². The summed E-state index contributed by atoms with van der Waals surface area (Å²) in [5.74, 6) is 1.48. The molecule has 0 aromatic rings. The minimum atomic E-state index is -1.44. The number of rotatable bonds is 6. The molecule has 0 aromatic carbocycles. The SMILES string of the molecule is CC(C)=CC/C=C(\C)[C@H]1CC[C@]2(C)[C@@H]1[C@H](O)C[C@@H]1[C@@]3(C)CC[C@H](O[C@H]4O[C@@H](CO)[C@H](O)[C@@H](O)[C@@H]4O)C(C)(C)[C@H]3CC[C@]12C. The lowest BCUT2D eigenvalue weighted by Crippen LogP contribution is -2.67. The molecule has 1 heterocycles. The molecule has 1 saturated heterocycles. The standard InChI is InChI=1S/C36H60O7/c1-20(2)10-9-11-21(3)22-12-16-36(8)28(22)23(38)18-26-34(6)15-14-27(33(4,5)25(34)13-17-35(26,36)7)43-32-31(41)30(40)29(39)24(19-37)42-32/h10-11,22-32,37-41H,9,12-19H2,1-8H3/b21-11+/t22-,23-,24+,25-,26-,27+,28+,29+,30-,31+,32-,34+,35-,36-/m1/s1. The fraction of sp³-hybridized carbons (Fsp3) is 0.889. The Morgan fingerprint density at radius 3 is 2.14 bits per heavy atom. The van der Waals surface area contributed by atoms with Gasteiger partial charge in [0.25, 0.3) is 0 Å². The average Bonchev–Trinajstić information content (AvgIpc) is 3.31. The molecule has 4 saturated carbocycles. The average molecular weight is 605 g/mol. The lowest BCUT2D eigenvalue weighted by atomic mass is 9.35. The summed E-state index contributed by atoms with van der Waals surface area (Å²) < 4.78 is 12.2. The number of aliphatic hydroxyl groups excluding tert-OH is 5. The molecule has 5 aliphatic rings. The van der Waals surface area contributed by atoms with E-state index < -0.39 is 37.3 Å². The van der Waals surface area contributed by atoms with Crippen LogP contribution in [0.25, 0.3) is 0 Å². The van der Waals surface area contributed by atoms with E-state index >= 15 is 0 Å². The Morgan fingerprint density at radius 1 is 0.814 bits per heavy atom. The quantitative estimate of drug-likeness (QED) is 0.211. The van der Waals surface area contributed by atoms with Crippen molar-refractivity contribution in [3.8, 4) is 0 Å². The molecule has 14 atom stereocenters. The number of hydrogen-bond acceptors (Lipinski definition) is 7. The van der Waals surface area contributed by atoms with Gasteiger partial charge in [-0.2, -0.15) is 0 Å². The van der Waals surface area contributed by atoms with Crippen molar-refractivity contribution < 1.29 is 35.0 Å². The second-order valence-electron chi connectivity index (χ2n) is 16.6. The van der Waals surface area contributed by atoms with E-state index in [0.717, 1.165) is 51.4 Å². The molecule has 5 N–H and O–H groups in total. The normalized spacial score (nSPS) is 51.3. The van der Waals surface area contributed by atoms with Crippen LogP contribution < -0.4 is 0 Å². The molecule has 5 fully saturated rings. The first-order chi connectivity index (χ1) is 20.0. The van der Waals surface area contributed by atoms with E-state index in [1.165, 1.54) is 11.1 Å². The highest BCUT2D eigenvalue weighted by Crippen LogP contribution is 2.75. The maximum Gasteiger partial charge on any atom is 0.186 e. The lowest BCUT2D eigenvalue weighted by molar-refractivity contribution is -0.331. The smallest absolute Gasteiger partial charge is 0.186 e. The zero-order chi connectivity index (χ0) is 31.7. The number of allylic oxidation sites excluding steroid dienone is 4. The lowest BCUT2D eigenvalue weighted by Gasteiger charge is -2.70. The van der Waals surface area contributed by atoms with Crippen LogP contribution >= 0.6 is 0 Å². The summed E-state index contributed by atoms with van der Waals surface area (Å²) in [5, 5.41) is 52.9. The van der Waals surface area contributed by atoms with Crippen LogP contribution in [0.5, 0.6) is 0 Å². The van der Waals surface area contributed by atoms with Crippen molar-refractivity contribution in [3.63, 3.8) is 0 Å². The molecule has 0 aromatic heterocycles. The Balaban J connectivity index is 1.38. The van der Waals surface area contributed by atoms with Gasteiger partial charge >= 0.3 is 0 Å². The van der Waals surface area contributed by atoms with Gasteiger partial charge in [0.15, 0.2) is 6.29 Å². The minimum absolute atomic E-state index is 0.0348. The fourth-order valence-electron chi connectivity index (χ4n) is 11.5. The zero-order valence-corrected chi connectivity index (χ0v) is 27.9. The van der Waals surface area contributed by atoms with E-state index in [1.54, 1.807) is 0 Å². The molecule has 0 radical (unpaired) electrons. The molecule has 1 aliphatic heterocycles. The van der Waals surface area contributed by atoms with Crippen LogP contribution in [0.3, 0.4) is 0 Å². The van der Waals surface area contributed by atoms with Crippen LogP contribution in [0.1, 0.15) is 107 Å². The van der Waals surface area contributed by atoms with Gasteiger partial charge in [-0.05, 0) is 117 Å². The Labute approximate surface area is 259 Å². The van der Waals surface area contributed by atoms with Gasteiger partial charge in [0.2, 0.25) is 0 Å². The van der Waals surface area contributed by atoms with Crippen molar-refractivity contribution in [1.29, 1.82) is 0 Å². The highest BCUT2D eigenvalue weighted by Gasteiger charge is 2.70. The monoisotopic (exact) mass is 604 g/mol. The third-order valence-corrected chi connectivity index (χ3v) is 14.0. The van der Waals surface area contributed by atoms with Crippen LogP contribution in [0.2, 0.25) is 0 Å². The molecule has 43 heavy (non-hydrogen) atoms. The van der Waals surface area contributed by atoms with Gasteiger partial charge in [-0.1, -0.05) is 57.9 Å². The van der Waals surface area contributed by atoms with E-state index in [2.05, 4.69) is 67.5 Å². The minimum Gasteiger partial charge on any atom is -0.394 e. The third kappa shape index (κ3) is 5.21. The van der Waals surface area contributed by atoms with Crippen molar-refractivity contribution >= 4 is 0 Å². The predicted molar refractivity (Wildman–Crippen MR) is 167 cm³/mol. The number of ether oxygens (including phenoxy) is 2. The topological polar surface area (TPSA) is 120 Å². The third-order valence-electron chi connectivity index (χ3n) is 14.0. The van der Waals surface area contributed by atoms with Crippen molar-refractivity contribution in [3.05, 3.63) is 23.3 Å². The van der Waals surface area contributed by atoms with Crippen molar-refractivity contribution in [2.75, 3.05) is 6.61 Å². The van der Waals surface area contributed by atoms with Gasteiger partial charge < -0.3 is 35.0 Å². The van der Waals surface area contributed by atoms with Gasteiger partial charge in [-0.3, -0.25) is 0 Å². The van der Waals surface area contributed by atoms with Crippen LogP contribution in [0.4, 0.5) is 0 Å². The van der Waals surface area contributed by atoms with Crippen molar-refractivity contribution in [1.82, 2.24) is 0 Å². The summed E-state index contributed by atoms with van der Waals surface area (Å²) in [4.78, 5) is 0. The Bertz CT molecular complexity index is 1080. The van der Waals surface area contributed by atoms with E-state index in [0.29, 0.717) is 17.8 Å². The fourth-order valence-corrected chi connectivity index (χ4v) is 11.5. The van der Waals surface area contributed by atoms with Gasteiger partial charge in [0, 0.05) is 0 Å².